The Labute approximate surface area is 101 Å². The van der Waals surface area contributed by atoms with E-state index in [4.69, 9.17) is 5.14 Å². The highest BCUT2D eigenvalue weighted by molar-refractivity contribution is 7.98. The summed E-state index contributed by atoms with van der Waals surface area (Å²) < 4.78 is 21.3. The minimum atomic E-state index is -3.36. The third-order valence-corrected chi connectivity index (χ3v) is 3.57. The molecule has 0 spiro atoms. The Balaban J connectivity index is 2.32. The number of nitrogens with two attached hydrogens (primary N) is 1. The van der Waals surface area contributed by atoms with Crippen molar-refractivity contribution >= 4 is 21.8 Å². The van der Waals surface area contributed by atoms with E-state index in [1.807, 2.05) is 30.5 Å². The number of primary sulfonamides is 1. The Bertz CT molecular complexity index is 415. The molecule has 1 rings (SSSR count). The topological polar surface area (TPSA) is 72.2 Å². The van der Waals surface area contributed by atoms with Gasteiger partial charge in [0.25, 0.3) is 0 Å². The van der Waals surface area contributed by atoms with Gasteiger partial charge in [-0.05, 0) is 24.0 Å². The average molecular weight is 260 g/mol. The second-order valence-electron chi connectivity index (χ2n) is 3.39. The molecule has 1 aromatic rings. The molecule has 0 aromatic heterocycles. The van der Waals surface area contributed by atoms with Crippen LogP contribution in [-0.4, -0.2) is 27.0 Å². The second kappa shape index (κ2) is 6.24. The van der Waals surface area contributed by atoms with Gasteiger partial charge in [0.15, 0.2) is 0 Å². The molecule has 0 saturated heterocycles. The average Bonchev–Trinajstić information content (AvgIpc) is 2.24. The van der Waals surface area contributed by atoms with E-state index in [-0.39, 0.29) is 5.75 Å². The van der Waals surface area contributed by atoms with Gasteiger partial charge in [-0.2, -0.15) is 0 Å². The van der Waals surface area contributed by atoms with Gasteiger partial charge in [-0.15, -0.1) is 11.8 Å². The number of hydrogen-bond donors (Lipinski definition) is 2. The van der Waals surface area contributed by atoms with E-state index in [9.17, 15) is 8.42 Å². The van der Waals surface area contributed by atoms with Gasteiger partial charge in [0.05, 0.1) is 5.75 Å². The zero-order valence-corrected chi connectivity index (χ0v) is 10.8. The highest BCUT2D eigenvalue weighted by Gasteiger charge is 2.01. The molecule has 3 N–H and O–H groups in total. The number of nitrogens with one attached hydrogen (secondary N) is 1. The van der Waals surface area contributed by atoms with Gasteiger partial charge in [-0.1, -0.05) is 12.1 Å². The predicted octanol–water partition coefficient (Wildman–Crippen LogP) is 0.787. The lowest BCUT2D eigenvalue weighted by atomic mass is 10.2. The number of rotatable bonds is 6. The predicted molar refractivity (Wildman–Crippen MR) is 67.9 cm³/mol. The van der Waals surface area contributed by atoms with Crippen molar-refractivity contribution in [1.29, 1.82) is 0 Å². The molecule has 0 amide bonds. The monoisotopic (exact) mass is 260 g/mol. The van der Waals surface area contributed by atoms with Gasteiger partial charge in [0.1, 0.15) is 0 Å². The van der Waals surface area contributed by atoms with Crippen molar-refractivity contribution in [1.82, 2.24) is 5.32 Å². The highest BCUT2D eigenvalue weighted by Crippen LogP contribution is 2.14. The molecule has 0 heterocycles. The Kier molecular flexibility index (Phi) is 5.27. The number of hydrogen-bond acceptors (Lipinski definition) is 4. The third-order valence-electron chi connectivity index (χ3n) is 2.05. The number of sulfonamides is 1. The van der Waals surface area contributed by atoms with Crippen LogP contribution in [0.4, 0.5) is 0 Å². The van der Waals surface area contributed by atoms with E-state index in [1.165, 1.54) is 4.90 Å². The summed E-state index contributed by atoms with van der Waals surface area (Å²) in [5.41, 5.74) is 1.13. The van der Waals surface area contributed by atoms with Crippen LogP contribution in [0.25, 0.3) is 0 Å². The first-order valence-corrected chi connectivity index (χ1v) is 7.79. The van der Waals surface area contributed by atoms with Crippen LogP contribution in [0.3, 0.4) is 0 Å². The summed E-state index contributed by atoms with van der Waals surface area (Å²) in [5, 5.41) is 7.91. The number of benzene rings is 1. The third kappa shape index (κ3) is 5.50. The van der Waals surface area contributed by atoms with Gasteiger partial charge < -0.3 is 5.32 Å². The maximum atomic E-state index is 10.7. The van der Waals surface area contributed by atoms with E-state index in [2.05, 4.69) is 5.32 Å². The van der Waals surface area contributed by atoms with Crippen LogP contribution >= 0.6 is 11.8 Å². The Morgan fingerprint density at radius 3 is 2.44 bits per heavy atom. The SMILES string of the molecule is CSc1ccc(CNCCS(N)(=O)=O)cc1. The van der Waals surface area contributed by atoms with Gasteiger partial charge in [0, 0.05) is 18.0 Å². The minimum absolute atomic E-state index is 0.0318. The van der Waals surface area contributed by atoms with Gasteiger partial charge in [-0.25, -0.2) is 13.6 Å². The standard InChI is InChI=1S/C10H16N2O2S2/c1-15-10-4-2-9(3-5-10)8-12-6-7-16(11,13)14/h2-5,12H,6-8H2,1H3,(H2,11,13,14). The zero-order valence-electron chi connectivity index (χ0n) is 9.14. The molecule has 0 atom stereocenters. The van der Waals surface area contributed by atoms with Gasteiger partial charge >= 0.3 is 0 Å². The molecule has 0 saturated carbocycles. The normalized spacial score (nSPS) is 11.6. The molecule has 16 heavy (non-hydrogen) atoms. The van der Waals surface area contributed by atoms with E-state index in [0.717, 1.165) is 5.56 Å². The Hall–Kier alpha value is -0.560. The van der Waals surface area contributed by atoms with E-state index >= 15 is 0 Å². The largest absolute Gasteiger partial charge is 0.312 e. The summed E-state index contributed by atoms with van der Waals surface area (Å²) in [4.78, 5) is 1.22. The second-order valence-corrected chi connectivity index (χ2v) is 6.01. The van der Waals surface area contributed by atoms with Crippen molar-refractivity contribution in [2.24, 2.45) is 5.14 Å². The van der Waals surface area contributed by atoms with Crippen LogP contribution in [-0.2, 0) is 16.6 Å². The summed E-state index contributed by atoms with van der Waals surface area (Å²) in [6.07, 6.45) is 2.03. The van der Waals surface area contributed by atoms with Crippen LogP contribution in [0.5, 0.6) is 0 Å². The van der Waals surface area contributed by atoms with E-state index < -0.39 is 10.0 Å². The van der Waals surface area contributed by atoms with Crippen molar-refractivity contribution in [3.8, 4) is 0 Å². The molecule has 4 nitrogen and oxygen atoms in total. The molecule has 1 aromatic carbocycles. The molecule has 0 aliphatic heterocycles. The first kappa shape index (κ1) is 13.5. The molecule has 0 aliphatic carbocycles. The molecule has 6 heteroatoms. The van der Waals surface area contributed by atoms with Crippen LogP contribution in [0.1, 0.15) is 5.56 Å². The quantitative estimate of drug-likeness (QED) is 0.586. The summed E-state index contributed by atoms with van der Waals surface area (Å²) in [6, 6.07) is 8.13. The lowest BCUT2D eigenvalue weighted by Crippen LogP contribution is -2.26. The summed E-state index contributed by atoms with van der Waals surface area (Å²) in [5.74, 6) is -0.0318. The van der Waals surface area contributed by atoms with Crippen LogP contribution < -0.4 is 10.5 Å². The first-order valence-electron chi connectivity index (χ1n) is 4.85. The smallest absolute Gasteiger partial charge is 0.210 e. The van der Waals surface area contributed by atoms with E-state index in [0.29, 0.717) is 13.1 Å². The number of thioether (sulfide) groups is 1. The fourth-order valence-electron chi connectivity index (χ4n) is 1.19. The van der Waals surface area contributed by atoms with Gasteiger partial charge in [-0.3, -0.25) is 0 Å². The lowest BCUT2D eigenvalue weighted by molar-refractivity contribution is 0.592. The van der Waals surface area contributed by atoms with Crippen LogP contribution in [0.2, 0.25) is 0 Å². The van der Waals surface area contributed by atoms with Gasteiger partial charge in [0.2, 0.25) is 10.0 Å². The molecule has 0 unspecified atom stereocenters. The van der Waals surface area contributed by atoms with Crippen molar-refractivity contribution in [2.75, 3.05) is 18.6 Å². The Morgan fingerprint density at radius 1 is 1.31 bits per heavy atom. The van der Waals surface area contributed by atoms with Crippen molar-refractivity contribution in [3.05, 3.63) is 29.8 Å². The van der Waals surface area contributed by atoms with Crippen LogP contribution in [0, 0.1) is 0 Å². The molecular weight excluding hydrogens is 244 g/mol. The summed E-state index contributed by atoms with van der Waals surface area (Å²) in [7, 11) is -3.36. The molecular formula is C10H16N2O2S2. The maximum absolute atomic E-state index is 10.7. The fourth-order valence-corrected chi connectivity index (χ4v) is 2.03. The lowest BCUT2D eigenvalue weighted by Gasteiger charge is -2.04. The molecule has 0 aliphatic rings. The molecule has 0 fully saturated rings. The minimum Gasteiger partial charge on any atom is -0.312 e. The molecule has 0 radical (unpaired) electrons. The molecule has 90 valence electrons. The Morgan fingerprint density at radius 2 is 1.94 bits per heavy atom. The molecule has 0 bridgehead atoms. The van der Waals surface area contributed by atoms with Crippen molar-refractivity contribution in [2.45, 2.75) is 11.4 Å². The van der Waals surface area contributed by atoms with Crippen LogP contribution in [0.15, 0.2) is 29.2 Å². The zero-order chi connectivity index (χ0) is 12.0. The first-order chi connectivity index (χ1) is 7.51. The van der Waals surface area contributed by atoms with E-state index in [1.54, 1.807) is 11.8 Å². The van der Waals surface area contributed by atoms with Crippen molar-refractivity contribution < 1.29 is 8.42 Å². The highest BCUT2D eigenvalue weighted by atomic mass is 32.2. The maximum Gasteiger partial charge on any atom is 0.210 e. The summed E-state index contributed by atoms with van der Waals surface area (Å²) in [6.45, 7) is 1.04. The van der Waals surface area contributed by atoms with Crippen molar-refractivity contribution in [3.63, 3.8) is 0 Å². The summed E-state index contributed by atoms with van der Waals surface area (Å²) >= 11 is 1.69. The fraction of sp³-hybridized carbons (Fsp3) is 0.400.